The van der Waals surface area contributed by atoms with Crippen LogP contribution in [0.15, 0.2) is 12.2 Å². The zero-order valence-electron chi connectivity index (χ0n) is 14.1. The molecule has 0 aliphatic carbocycles. The first-order valence-corrected chi connectivity index (χ1v) is 8.54. The molecule has 1 aliphatic heterocycles. The molecule has 1 rings (SSSR count). The molecule has 0 bridgehead atoms. The molecule has 0 N–H and O–H groups in total. The van der Waals surface area contributed by atoms with Crippen LogP contribution in [-0.4, -0.2) is 62.9 Å². The Morgan fingerprint density at radius 1 is 0.957 bits per heavy atom. The maximum atomic E-state index is 11.4. The van der Waals surface area contributed by atoms with E-state index in [0.29, 0.717) is 13.2 Å². The summed E-state index contributed by atoms with van der Waals surface area (Å²) < 4.78 is 15.3. The fourth-order valence-corrected chi connectivity index (χ4v) is 2.19. The fraction of sp³-hybridized carbons (Fsp3) is 0.765. The summed E-state index contributed by atoms with van der Waals surface area (Å²) in [6.45, 7) is 7.40. The molecule has 0 aromatic carbocycles. The van der Waals surface area contributed by atoms with Gasteiger partial charge in [-0.25, -0.2) is 9.59 Å². The maximum absolute atomic E-state index is 11.4. The smallest absolute Gasteiger partial charge is 0.331 e. The summed E-state index contributed by atoms with van der Waals surface area (Å²) in [5.74, 6) is -0.993. The van der Waals surface area contributed by atoms with E-state index in [1.807, 2.05) is 0 Å². The summed E-state index contributed by atoms with van der Waals surface area (Å²) in [5.41, 5.74) is 0. The highest BCUT2D eigenvalue weighted by atomic mass is 16.5. The van der Waals surface area contributed by atoms with Crippen LogP contribution in [0.5, 0.6) is 0 Å². The number of morpholine rings is 1. The van der Waals surface area contributed by atoms with Crippen LogP contribution in [0.3, 0.4) is 0 Å². The van der Waals surface area contributed by atoms with Crippen molar-refractivity contribution in [3.8, 4) is 0 Å². The van der Waals surface area contributed by atoms with E-state index in [9.17, 15) is 9.59 Å². The van der Waals surface area contributed by atoms with Gasteiger partial charge in [-0.15, -0.1) is 0 Å². The molecule has 1 fully saturated rings. The molecule has 6 heteroatoms. The molecular formula is C17H29NO5. The SMILES string of the molecule is CCCCCOC(=O)/C=C/C(=O)OCCCCN1CCOCC1. The van der Waals surface area contributed by atoms with Crippen LogP contribution in [0.25, 0.3) is 0 Å². The van der Waals surface area contributed by atoms with Gasteiger partial charge in [0.25, 0.3) is 0 Å². The minimum Gasteiger partial charge on any atom is -0.463 e. The van der Waals surface area contributed by atoms with E-state index in [2.05, 4.69) is 11.8 Å². The zero-order chi connectivity index (χ0) is 16.8. The van der Waals surface area contributed by atoms with Crippen molar-refractivity contribution in [2.24, 2.45) is 0 Å². The summed E-state index contributed by atoms with van der Waals surface area (Å²) in [5, 5.41) is 0. The summed E-state index contributed by atoms with van der Waals surface area (Å²) in [6, 6.07) is 0. The number of hydrogen-bond donors (Lipinski definition) is 0. The minimum atomic E-state index is -0.498. The van der Waals surface area contributed by atoms with Gasteiger partial charge in [-0.1, -0.05) is 19.8 Å². The Balaban J connectivity index is 1.98. The van der Waals surface area contributed by atoms with Gasteiger partial charge in [-0.2, -0.15) is 0 Å². The largest absolute Gasteiger partial charge is 0.463 e. The standard InChI is InChI=1S/C17H29NO5/c1-2-3-5-12-22-16(19)7-8-17(20)23-13-6-4-9-18-10-14-21-15-11-18/h7-8H,2-6,9-15H2,1H3/b8-7+. The number of rotatable bonds is 11. The summed E-state index contributed by atoms with van der Waals surface area (Å²) in [6.07, 6.45) is 7.01. The van der Waals surface area contributed by atoms with Crippen molar-refractivity contribution in [3.05, 3.63) is 12.2 Å². The van der Waals surface area contributed by atoms with Crippen molar-refractivity contribution in [1.29, 1.82) is 0 Å². The number of nitrogens with zero attached hydrogens (tertiary/aromatic N) is 1. The van der Waals surface area contributed by atoms with Gasteiger partial charge in [0.1, 0.15) is 0 Å². The van der Waals surface area contributed by atoms with Gasteiger partial charge < -0.3 is 14.2 Å². The normalized spacial score (nSPS) is 15.7. The van der Waals surface area contributed by atoms with Gasteiger partial charge >= 0.3 is 11.9 Å². The van der Waals surface area contributed by atoms with Crippen molar-refractivity contribution < 1.29 is 23.8 Å². The van der Waals surface area contributed by atoms with Gasteiger partial charge in [-0.05, 0) is 25.8 Å². The third-order valence-corrected chi connectivity index (χ3v) is 3.56. The van der Waals surface area contributed by atoms with Gasteiger partial charge in [-0.3, -0.25) is 4.90 Å². The molecule has 0 spiro atoms. The average Bonchev–Trinajstić information content (AvgIpc) is 2.57. The first kappa shape index (κ1) is 19.6. The molecule has 23 heavy (non-hydrogen) atoms. The van der Waals surface area contributed by atoms with Crippen LogP contribution in [0.4, 0.5) is 0 Å². The monoisotopic (exact) mass is 327 g/mol. The van der Waals surface area contributed by atoms with Gasteiger partial charge in [0.2, 0.25) is 0 Å². The number of ether oxygens (including phenoxy) is 3. The lowest BCUT2D eigenvalue weighted by Gasteiger charge is -2.26. The second-order valence-corrected chi connectivity index (χ2v) is 5.54. The Morgan fingerprint density at radius 3 is 2.09 bits per heavy atom. The third-order valence-electron chi connectivity index (χ3n) is 3.56. The van der Waals surface area contributed by atoms with Crippen molar-refractivity contribution >= 4 is 11.9 Å². The molecule has 1 saturated heterocycles. The molecule has 132 valence electrons. The molecule has 6 nitrogen and oxygen atoms in total. The Kier molecular flexibility index (Phi) is 11.2. The quantitative estimate of drug-likeness (QED) is 0.328. The molecule has 0 unspecified atom stereocenters. The third kappa shape index (κ3) is 10.9. The molecule has 0 aromatic heterocycles. The molecule has 0 aromatic rings. The number of carbonyl (C=O) groups excluding carboxylic acids is 2. The van der Waals surface area contributed by atoms with Crippen LogP contribution in [0.1, 0.15) is 39.0 Å². The molecular weight excluding hydrogens is 298 g/mol. The molecule has 0 radical (unpaired) electrons. The highest BCUT2D eigenvalue weighted by Gasteiger charge is 2.09. The Bertz CT molecular complexity index is 364. The Hall–Kier alpha value is -1.40. The molecule has 0 saturated carbocycles. The molecule has 0 amide bonds. The van der Waals surface area contributed by atoms with Gasteiger partial charge in [0.05, 0.1) is 26.4 Å². The zero-order valence-corrected chi connectivity index (χ0v) is 14.1. The van der Waals surface area contributed by atoms with Crippen molar-refractivity contribution in [2.75, 3.05) is 46.1 Å². The lowest BCUT2D eigenvalue weighted by atomic mass is 10.3. The number of carbonyl (C=O) groups is 2. The van der Waals surface area contributed by atoms with Gasteiger partial charge in [0, 0.05) is 25.2 Å². The number of unbranched alkanes of at least 4 members (excludes halogenated alkanes) is 3. The highest BCUT2D eigenvalue weighted by Crippen LogP contribution is 2.00. The van der Waals surface area contributed by atoms with Crippen molar-refractivity contribution in [3.63, 3.8) is 0 Å². The van der Waals surface area contributed by atoms with E-state index >= 15 is 0 Å². The Labute approximate surface area is 138 Å². The molecule has 0 atom stereocenters. The lowest BCUT2D eigenvalue weighted by Crippen LogP contribution is -2.36. The van der Waals surface area contributed by atoms with Crippen LogP contribution in [0, 0.1) is 0 Å². The average molecular weight is 327 g/mol. The van der Waals surface area contributed by atoms with Crippen LogP contribution >= 0.6 is 0 Å². The van der Waals surface area contributed by atoms with Crippen LogP contribution < -0.4 is 0 Å². The van der Waals surface area contributed by atoms with Crippen molar-refractivity contribution in [2.45, 2.75) is 39.0 Å². The summed E-state index contributed by atoms with van der Waals surface area (Å²) in [4.78, 5) is 25.1. The topological polar surface area (TPSA) is 65.1 Å². The minimum absolute atomic E-state index is 0.374. The van der Waals surface area contributed by atoms with E-state index < -0.39 is 11.9 Å². The van der Waals surface area contributed by atoms with E-state index in [4.69, 9.17) is 14.2 Å². The summed E-state index contributed by atoms with van der Waals surface area (Å²) >= 11 is 0. The number of esters is 2. The fourth-order valence-electron chi connectivity index (χ4n) is 2.19. The van der Waals surface area contributed by atoms with Gasteiger partial charge in [0.15, 0.2) is 0 Å². The predicted molar refractivity (Wildman–Crippen MR) is 87.1 cm³/mol. The highest BCUT2D eigenvalue weighted by molar-refractivity contribution is 5.91. The van der Waals surface area contributed by atoms with Crippen molar-refractivity contribution in [1.82, 2.24) is 4.90 Å². The lowest BCUT2D eigenvalue weighted by molar-refractivity contribution is -0.140. The second kappa shape index (κ2) is 13.1. The van der Waals surface area contributed by atoms with Crippen LogP contribution in [-0.2, 0) is 23.8 Å². The summed E-state index contributed by atoms with van der Waals surface area (Å²) in [7, 11) is 0. The predicted octanol–water partition coefficient (Wildman–Crippen LogP) is 1.93. The second-order valence-electron chi connectivity index (χ2n) is 5.54. The van der Waals surface area contributed by atoms with Crippen LogP contribution in [0.2, 0.25) is 0 Å². The van der Waals surface area contributed by atoms with E-state index in [-0.39, 0.29) is 0 Å². The Morgan fingerprint density at radius 2 is 1.52 bits per heavy atom. The first-order valence-electron chi connectivity index (χ1n) is 8.54. The van der Waals surface area contributed by atoms with E-state index in [0.717, 1.165) is 77.1 Å². The number of hydrogen-bond acceptors (Lipinski definition) is 6. The molecule has 1 heterocycles. The molecule has 1 aliphatic rings. The van der Waals surface area contributed by atoms with E-state index in [1.165, 1.54) is 0 Å². The maximum Gasteiger partial charge on any atom is 0.331 e. The van der Waals surface area contributed by atoms with E-state index in [1.54, 1.807) is 0 Å². The first-order chi connectivity index (χ1) is 11.2.